The van der Waals surface area contributed by atoms with E-state index in [1.165, 1.54) is 15.8 Å². The monoisotopic (exact) mass is 652 g/mol. The highest BCUT2D eigenvalue weighted by Gasteiger charge is 2.48. The van der Waals surface area contributed by atoms with Crippen LogP contribution in [0.3, 0.4) is 0 Å². The van der Waals surface area contributed by atoms with Crippen LogP contribution in [0.15, 0.2) is 6.20 Å². The first-order valence-corrected chi connectivity index (χ1v) is 16.0. The molecule has 0 bridgehead atoms. The Labute approximate surface area is 267 Å². The number of hydrogen-bond donors (Lipinski definition) is 3. The maximum absolute atomic E-state index is 15.9. The van der Waals surface area contributed by atoms with E-state index in [0.717, 1.165) is 19.4 Å². The van der Waals surface area contributed by atoms with Crippen LogP contribution in [0.25, 0.3) is 11.0 Å². The largest absolute Gasteiger partial charge is 0.465 e. The molecular weight excluding hydrogens is 618 g/mol. The van der Waals surface area contributed by atoms with E-state index in [2.05, 4.69) is 41.1 Å². The van der Waals surface area contributed by atoms with Crippen LogP contribution >= 0.6 is 0 Å². The van der Waals surface area contributed by atoms with Gasteiger partial charge in [0.25, 0.3) is 11.8 Å². The Morgan fingerprint density at radius 1 is 1.15 bits per heavy atom. The summed E-state index contributed by atoms with van der Waals surface area (Å²) >= 11 is 0. The van der Waals surface area contributed by atoms with Gasteiger partial charge in [-0.3, -0.25) is 14.5 Å². The van der Waals surface area contributed by atoms with Crippen LogP contribution in [0.4, 0.5) is 25.2 Å². The molecule has 0 radical (unpaired) electrons. The van der Waals surface area contributed by atoms with Crippen LogP contribution in [0, 0.1) is 17.6 Å². The second kappa shape index (κ2) is 11.6. The number of halogens is 2. The summed E-state index contributed by atoms with van der Waals surface area (Å²) in [6.07, 6.45) is 4.59. The van der Waals surface area contributed by atoms with E-state index in [1.807, 2.05) is 0 Å². The van der Waals surface area contributed by atoms with Crippen LogP contribution in [-0.2, 0) is 33.7 Å². The molecule has 4 aliphatic heterocycles. The number of carbonyl (C=O) groups excluding carboxylic acids is 3. The molecule has 2 aromatic heterocycles. The fourth-order valence-electron chi connectivity index (χ4n) is 7.46. The van der Waals surface area contributed by atoms with Gasteiger partial charge in [0.15, 0.2) is 35.4 Å². The molecule has 3 amide bonds. The van der Waals surface area contributed by atoms with Gasteiger partial charge in [-0.25, -0.2) is 28.2 Å². The van der Waals surface area contributed by atoms with Crippen LogP contribution < -0.4 is 25.6 Å². The summed E-state index contributed by atoms with van der Waals surface area (Å²) in [4.78, 5) is 49.1. The van der Waals surface area contributed by atoms with Crippen LogP contribution in [0.5, 0.6) is 5.88 Å². The van der Waals surface area contributed by atoms with E-state index < -0.39 is 23.3 Å². The number of anilines is 2. The first-order valence-electron chi connectivity index (χ1n) is 16.0. The van der Waals surface area contributed by atoms with Gasteiger partial charge in [0.2, 0.25) is 5.91 Å². The Bertz CT molecular complexity index is 1770. The molecule has 5 aliphatic rings. The molecule has 3 aromatic rings. The number of benzene rings is 1. The van der Waals surface area contributed by atoms with Crippen molar-refractivity contribution in [2.24, 2.45) is 5.92 Å². The predicted octanol–water partition coefficient (Wildman–Crippen LogP) is 0.905. The average molecular weight is 653 g/mol. The highest BCUT2D eigenvalue weighted by molar-refractivity contribution is 5.95. The zero-order valence-corrected chi connectivity index (χ0v) is 25.6. The lowest BCUT2D eigenvalue weighted by molar-refractivity contribution is -0.122. The Kier molecular flexibility index (Phi) is 7.39. The molecule has 1 unspecified atom stereocenters. The zero-order chi connectivity index (χ0) is 32.3. The molecule has 6 heterocycles. The van der Waals surface area contributed by atoms with Gasteiger partial charge in [-0.15, -0.1) is 5.10 Å². The molecule has 17 heteroatoms. The SMILES string of the molecule is O=C1COc2ncc(N3CC4(CCN(CC5Cc6c(c(F)c7c(nnn7CCNC(=O)[C@H]7CCCN7)c6F)C5)CC4)OC3=O)nc2N1. The van der Waals surface area contributed by atoms with Crippen molar-refractivity contribution in [1.29, 1.82) is 0 Å². The summed E-state index contributed by atoms with van der Waals surface area (Å²) in [5.74, 6) is -0.849. The maximum Gasteiger partial charge on any atom is 0.416 e. The fraction of sp³-hybridized carbons (Fsp3) is 0.567. The van der Waals surface area contributed by atoms with Crippen molar-refractivity contribution in [3.8, 4) is 5.88 Å². The number of hydrogen-bond acceptors (Lipinski definition) is 11. The van der Waals surface area contributed by atoms with Crippen LogP contribution in [0.2, 0.25) is 0 Å². The van der Waals surface area contributed by atoms with Crippen molar-refractivity contribution >= 4 is 40.6 Å². The number of nitrogens with one attached hydrogen (secondary N) is 3. The molecular formula is C30H34F2N10O5. The molecule has 47 heavy (non-hydrogen) atoms. The van der Waals surface area contributed by atoms with Gasteiger partial charge in [0.1, 0.15) is 11.1 Å². The van der Waals surface area contributed by atoms with Gasteiger partial charge in [-0.2, -0.15) is 0 Å². The Balaban J connectivity index is 0.885. The van der Waals surface area contributed by atoms with Crippen molar-refractivity contribution in [3.63, 3.8) is 0 Å². The first-order chi connectivity index (χ1) is 22.8. The van der Waals surface area contributed by atoms with Gasteiger partial charge < -0.3 is 30.3 Å². The second-order valence-corrected chi connectivity index (χ2v) is 13.0. The summed E-state index contributed by atoms with van der Waals surface area (Å²) in [7, 11) is 0. The standard InChI is InChI=1S/C30H34F2N10O5/c31-22-17-10-16(11-18(17)23(32)25-24(22)38-39-42(25)9-6-34-27(44)19-2-1-5-33-19)13-40-7-3-30(4-8-40)15-41(29(45)47-30)20-12-35-28-26(36-20)37-21(43)14-46-28/h12,16,19,33H,1-11,13-15H2,(H,34,44)(H,36,37,43)/t16?,19-/m1/s1. The summed E-state index contributed by atoms with van der Waals surface area (Å²) < 4.78 is 44.0. The fourth-order valence-corrected chi connectivity index (χ4v) is 7.46. The molecule has 3 fully saturated rings. The predicted molar refractivity (Wildman–Crippen MR) is 161 cm³/mol. The van der Waals surface area contributed by atoms with Gasteiger partial charge in [-0.1, -0.05) is 5.21 Å². The number of carbonyl (C=O) groups is 3. The second-order valence-electron chi connectivity index (χ2n) is 13.0. The van der Waals surface area contributed by atoms with Crippen LogP contribution in [-0.4, -0.2) is 105 Å². The van der Waals surface area contributed by atoms with E-state index in [9.17, 15) is 14.4 Å². The number of amides is 3. The normalized spacial score (nSPS) is 23.5. The summed E-state index contributed by atoms with van der Waals surface area (Å²) in [5, 5.41) is 16.5. The van der Waals surface area contributed by atoms with Crippen molar-refractivity contribution < 1.29 is 32.6 Å². The van der Waals surface area contributed by atoms with Gasteiger partial charge in [0.05, 0.1) is 25.3 Å². The smallest absolute Gasteiger partial charge is 0.416 e. The minimum atomic E-state index is -0.690. The highest BCUT2D eigenvalue weighted by Crippen LogP contribution is 2.39. The minimum Gasteiger partial charge on any atom is -0.465 e. The molecule has 1 aliphatic carbocycles. The molecule has 248 valence electrons. The van der Waals surface area contributed by atoms with Gasteiger partial charge in [-0.05, 0) is 49.3 Å². The molecule has 1 aromatic carbocycles. The molecule has 0 saturated carbocycles. The lowest BCUT2D eigenvalue weighted by Gasteiger charge is -2.38. The van der Waals surface area contributed by atoms with Crippen LogP contribution in [0.1, 0.15) is 36.8 Å². The minimum absolute atomic E-state index is 0.0139. The number of fused-ring (bicyclic) bond motifs is 3. The lowest BCUT2D eigenvalue weighted by Crippen LogP contribution is -2.48. The van der Waals surface area contributed by atoms with E-state index in [4.69, 9.17) is 9.47 Å². The maximum atomic E-state index is 15.9. The van der Waals surface area contributed by atoms with Gasteiger partial charge in [0, 0.05) is 39.0 Å². The van der Waals surface area contributed by atoms with Gasteiger partial charge >= 0.3 is 6.09 Å². The van der Waals surface area contributed by atoms with Crippen molar-refractivity contribution in [2.75, 3.05) is 56.1 Å². The first kappa shape index (κ1) is 29.9. The Morgan fingerprint density at radius 2 is 1.96 bits per heavy atom. The van der Waals surface area contributed by atoms with Crippen molar-refractivity contribution in [1.82, 2.24) is 40.5 Å². The van der Waals surface area contributed by atoms with E-state index >= 15 is 8.78 Å². The number of aromatic nitrogens is 5. The third kappa shape index (κ3) is 5.40. The number of likely N-dealkylation sites (tertiary alicyclic amines) is 1. The molecule has 2 atom stereocenters. The van der Waals surface area contributed by atoms with Crippen molar-refractivity contribution in [3.05, 3.63) is 29.0 Å². The number of piperidine rings is 1. The average Bonchev–Trinajstić information content (AvgIpc) is 3.88. The Morgan fingerprint density at radius 3 is 2.74 bits per heavy atom. The van der Waals surface area contributed by atoms with E-state index in [0.29, 0.717) is 63.0 Å². The van der Waals surface area contributed by atoms with Crippen molar-refractivity contribution in [2.45, 2.75) is 56.7 Å². The quantitative estimate of drug-likeness (QED) is 0.332. The highest BCUT2D eigenvalue weighted by atomic mass is 19.1. The number of nitrogens with zero attached hydrogens (tertiary/aromatic N) is 7. The zero-order valence-electron chi connectivity index (χ0n) is 25.6. The topological polar surface area (TPSA) is 169 Å². The third-order valence-electron chi connectivity index (χ3n) is 9.89. The number of ether oxygens (including phenoxy) is 2. The summed E-state index contributed by atoms with van der Waals surface area (Å²) in [6, 6.07) is -0.220. The lowest BCUT2D eigenvalue weighted by atomic mass is 9.90. The molecule has 3 N–H and O–H groups in total. The molecule has 1 spiro atoms. The molecule has 15 nitrogen and oxygen atoms in total. The summed E-state index contributed by atoms with van der Waals surface area (Å²) in [6.45, 7) is 3.32. The van der Waals surface area contributed by atoms with E-state index in [1.54, 1.807) is 0 Å². The molecule has 8 rings (SSSR count). The third-order valence-corrected chi connectivity index (χ3v) is 9.89. The molecule has 3 saturated heterocycles. The Hall–Kier alpha value is -4.51. The number of rotatable bonds is 7. The van der Waals surface area contributed by atoms with E-state index in [-0.39, 0.29) is 72.0 Å². The summed E-state index contributed by atoms with van der Waals surface area (Å²) in [5.41, 5.74) is -0.0269.